The highest BCUT2D eigenvalue weighted by atomic mass is 15.3. The van der Waals surface area contributed by atoms with Crippen molar-refractivity contribution in [1.29, 1.82) is 0 Å². The molecule has 1 fully saturated rings. The molecule has 0 aliphatic carbocycles. The number of hydrogen-bond acceptors (Lipinski definition) is 5. The summed E-state index contributed by atoms with van der Waals surface area (Å²) in [4.78, 5) is 16.8. The van der Waals surface area contributed by atoms with Crippen LogP contribution in [0.15, 0.2) is 66.9 Å². The summed E-state index contributed by atoms with van der Waals surface area (Å²) < 4.78 is 0. The first-order chi connectivity index (χ1) is 14.8. The van der Waals surface area contributed by atoms with Crippen LogP contribution in [-0.2, 0) is 6.54 Å². The smallest absolute Gasteiger partial charge is 0.227 e. The molecule has 0 amide bonds. The highest BCUT2D eigenvalue weighted by molar-refractivity contribution is 5.90. The lowest BCUT2D eigenvalue weighted by Crippen LogP contribution is -2.30. The van der Waals surface area contributed by atoms with Gasteiger partial charge in [-0.15, -0.1) is 0 Å². The van der Waals surface area contributed by atoms with Crippen molar-refractivity contribution in [1.82, 2.24) is 15.0 Å². The Morgan fingerprint density at radius 2 is 1.60 bits per heavy atom. The number of nitrogens with two attached hydrogens (primary N) is 1. The summed E-state index contributed by atoms with van der Waals surface area (Å²) in [5, 5.41) is 0.956. The van der Waals surface area contributed by atoms with Gasteiger partial charge in [0.25, 0.3) is 0 Å². The minimum atomic E-state index is 0.531. The van der Waals surface area contributed by atoms with E-state index >= 15 is 0 Å². The highest BCUT2D eigenvalue weighted by Gasteiger charge is 2.16. The van der Waals surface area contributed by atoms with E-state index < -0.39 is 0 Å². The Labute approximate surface area is 176 Å². The maximum Gasteiger partial charge on any atom is 0.227 e. The number of nitrogens with zero attached hydrogens (tertiary/aromatic N) is 4. The fourth-order valence-corrected chi connectivity index (χ4v) is 4.06. The molecule has 0 bridgehead atoms. The van der Waals surface area contributed by atoms with Crippen LogP contribution in [0.1, 0.15) is 24.8 Å². The van der Waals surface area contributed by atoms with Gasteiger partial charge in [0.1, 0.15) is 0 Å². The third-order valence-corrected chi connectivity index (χ3v) is 5.74. The van der Waals surface area contributed by atoms with Gasteiger partial charge < -0.3 is 10.6 Å². The van der Waals surface area contributed by atoms with Crippen LogP contribution < -0.4 is 10.6 Å². The van der Waals surface area contributed by atoms with Crippen LogP contribution in [0.3, 0.4) is 0 Å². The molecule has 5 rings (SSSR count). The lowest BCUT2D eigenvalue weighted by molar-refractivity contribution is 0.569. The normalized spacial score (nSPS) is 14.2. The van der Waals surface area contributed by atoms with Gasteiger partial charge in [-0.2, -0.15) is 4.98 Å². The van der Waals surface area contributed by atoms with E-state index in [1.807, 2.05) is 12.3 Å². The van der Waals surface area contributed by atoms with Crippen molar-refractivity contribution >= 4 is 17.0 Å². The van der Waals surface area contributed by atoms with Crippen molar-refractivity contribution < 1.29 is 0 Å². The monoisotopic (exact) mass is 395 g/mol. The number of rotatable bonds is 4. The number of hydrogen-bond donors (Lipinski definition) is 1. The predicted octanol–water partition coefficient (Wildman–Crippen LogP) is 4.81. The molecule has 30 heavy (non-hydrogen) atoms. The van der Waals surface area contributed by atoms with Gasteiger partial charge in [0.2, 0.25) is 5.95 Å². The number of fused-ring (bicyclic) bond motifs is 1. The van der Waals surface area contributed by atoms with Gasteiger partial charge in [0.15, 0.2) is 5.65 Å². The van der Waals surface area contributed by atoms with Crippen molar-refractivity contribution in [3.63, 3.8) is 0 Å². The maximum absolute atomic E-state index is 5.78. The predicted molar refractivity (Wildman–Crippen MR) is 122 cm³/mol. The van der Waals surface area contributed by atoms with E-state index in [9.17, 15) is 0 Å². The standard InChI is InChI=1S/C25H25N5/c26-16-18-9-11-20(12-10-18)23-22(19-7-3-1-4-8-19)15-21-17-27-25(29-24(21)28-23)30-13-5-2-6-14-30/h1,3-4,7-12,15,17H,2,5-6,13-14,16,26H2. The van der Waals surface area contributed by atoms with Gasteiger partial charge in [-0.05, 0) is 36.5 Å². The molecule has 5 nitrogen and oxygen atoms in total. The fraction of sp³-hybridized carbons (Fsp3) is 0.240. The van der Waals surface area contributed by atoms with Crippen molar-refractivity contribution in [2.24, 2.45) is 5.73 Å². The molecule has 150 valence electrons. The Bertz CT molecular complexity index is 1150. The van der Waals surface area contributed by atoms with Gasteiger partial charge in [0, 0.05) is 42.3 Å². The second kappa shape index (κ2) is 8.20. The van der Waals surface area contributed by atoms with Gasteiger partial charge in [-0.25, -0.2) is 9.97 Å². The number of pyridine rings is 1. The first-order valence-corrected chi connectivity index (χ1v) is 10.6. The maximum atomic E-state index is 5.78. The molecule has 2 N–H and O–H groups in total. The Morgan fingerprint density at radius 3 is 2.33 bits per heavy atom. The van der Waals surface area contributed by atoms with Crippen LogP contribution >= 0.6 is 0 Å². The highest BCUT2D eigenvalue weighted by Crippen LogP contribution is 2.33. The molecule has 2 aromatic carbocycles. The van der Waals surface area contributed by atoms with Crippen LogP contribution in [0.4, 0.5) is 5.95 Å². The molecule has 1 aliphatic rings. The molecular formula is C25H25N5. The second-order valence-corrected chi connectivity index (χ2v) is 7.78. The molecule has 1 saturated heterocycles. The Balaban J connectivity index is 1.66. The van der Waals surface area contributed by atoms with Crippen LogP contribution in [-0.4, -0.2) is 28.0 Å². The van der Waals surface area contributed by atoms with Crippen LogP contribution in [0.25, 0.3) is 33.4 Å². The zero-order valence-electron chi connectivity index (χ0n) is 17.0. The number of piperidine rings is 1. The largest absolute Gasteiger partial charge is 0.341 e. The average Bonchev–Trinajstić information content (AvgIpc) is 2.84. The van der Waals surface area contributed by atoms with E-state index in [1.165, 1.54) is 19.3 Å². The van der Waals surface area contributed by atoms with E-state index in [4.69, 9.17) is 15.7 Å². The molecule has 0 saturated carbocycles. The SMILES string of the molecule is NCc1ccc(-c2nc3nc(N4CCCCC4)ncc3cc2-c2ccccc2)cc1. The van der Waals surface area contributed by atoms with Crippen LogP contribution in [0.2, 0.25) is 0 Å². The lowest BCUT2D eigenvalue weighted by Gasteiger charge is -2.26. The van der Waals surface area contributed by atoms with Crippen LogP contribution in [0.5, 0.6) is 0 Å². The molecule has 5 heteroatoms. The van der Waals surface area contributed by atoms with E-state index in [0.717, 1.165) is 58.0 Å². The van der Waals surface area contributed by atoms with Crippen molar-refractivity contribution in [3.05, 3.63) is 72.4 Å². The van der Waals surface area contributed by atoms with E-state index in [1.54, 1.807) is 0 Å². The molecule has 1 aliphatic heterocycles. The quantitative estimate of drug-likeness (QED) is 0.537. The molecule has 0 radical (unpaired) electrons. The van der Waals surface area contributed by atoms with Crippen molar-refractivity contribution in [2.75, 3.05) is 18.0 Å². The lowest BCUT2D eigenvalue weighted by atomic mass is 9.98. The summed E-state index contributed by atoms with van der Waals surface area (Å²) in [5.74, 6) is 0.784. The Hall–Kier alpha value is -3.31. The molecule has 0 atom stereocenters. The van der Waals surface area contributed by atoms with Crippen LogP contribution in [0, 0.1) is 0 Å². The summed E-state index contributed by atoms with van der Waals surface area (Å²) in [7, 11) is 0. The minimum Gasteiger partial charge on any atom is -0.341 e. The fourth-order valence-electron chi connectivity index (χ4n) is 4.06. The number of aromatic nitrogens is 3. The Kier molecular flexibility index (Phi) is 5.11. The van der Waals surface area contributed by atoms with Gasteiger partial charge in [-0.3, -0.25) is 0 Å². The molecule has 3 heterocycles. The zero-order chi connectivity index (χ0) is 20.3. The zero-order valence-corrected chi connectivity index (χ0v) is 17.0. The number of benzene rings is 2. The molecular weight excluding hydrogens is 370 g/mol. The molecule has 0 spiro atoms. The third kappa shape index (κ3) is 3.64. The number of anilines is 1. The second-order valence-electron chi connectivity index (χ2n) is 7.78. The summed E-state index contributed by atoms with van der Waals surface area (Å²) in [5.41, 5.74) is 11.8. The first-order valence-electron chi connectivity index (χ1n) is 10.6. The van der Waals surface area contributed by atoms with E-state index in [-0.39, 0.29) is 0 Å². The topological polar surface area (TPSA) is 67.9 Å². The summed E-state index contributed by atoms with van der Waals surface area (Å²) in [6, 6.07) is 20.8. The van der Waals surface area contributed by atoms with Gasteiger partial charge >= 0.3 is 0 Å². The average molecular weight is 396 g/mol. The summed E-state index contributed by atoms with van der Waals surface area (Å²) >= 11 is 0. The van der Waals surface area contributed by atoms with Gasteiger partial charge in [-0.1, -0.05) is 54.6 Å². The van der Waals surface area contributed by atoms with Crippen molar-refractivity contribution in [3.8, 4) is 22.4 Å². The Morgan fingerprint density at radius 1 is 0.833 bits per heavy atom. The summed E-state index contributed by atoms with van der Waals surface area (Å²) in [6.45, 7) is 2.56. The third-order valence-electron chi connectivity index (χ3n) is 5.74. The van der Waals surface area contributed by atoms with Crippen molar-refractivity contribution in [2.45, 2.75) is 25.8 Å². The van der Waals surface area contributed by atoms with E-state index in [2.05, 4.69) is 64.5 Å². The molecule has 4 aromatic rings. The molecule has 0 unspecified atom stereocenters. The van der Waals surface area contributed by atoms with E-state index in [0.29, 0.717) is 6.54 Å². The van der Waals surface area contributed by atoms with Gasteiger partial charge in [0.05, 0.1) is 5.69 Å². The molecule has 2 aromatic heterocycles. The summed E-state index contributed by atoms with van der Waals surface area (Å²) in [6.07, 6.45) is 5.58. The minimum absolute atomic E-state index is 0.531. The first kappa shape index (κ1) is 18.7.